The zero-order valence-corrected chi connectivity index (χ0v) is 8.84. The van der Waals surface area contributed by atoms with Gasteiger partial charge < -0.3 is 0 Å². The van der Waals surface area contributed by atoms with Crippen LogP contribution in [0.2, 0.25) is 0 Å². The number of hydrogen-bond acceptors (Lipinski definition) is 2. The van der Waals surface area contributed by atoms with E-state index in [0.717, 1.165) is 25.7 Å². The second-order valence-electron chi connectivity index (χ2n) is 3.57. The lowest BCUT2D eigenvalue weighted by Crippen LogP contribution is -1.92. The largest absolute Gasteiger partial charge is 0.197 e. The molecular formula is C12H19N2. The maximum Gasteiger partial charge on any atom is 0.133 e. The van der Waals surface area contributed by atoms with Crippen molar-refractivity contribution in [2.75, 3.05) is 0 Å². The van der Waals surface area contributed by atoms with Gasteiger partial charge in [0, 0.05) is 0 Å². The fourth-order valence-corrected chi connectivity index (χ4v) is 1.39. The molecule has 0 saturated heterocycles. The lowest BCUT2D eigenvalue weighted by atomic mass is 10.0. The van der Waals surface area contributed by atoms with Gasteiger partial charge in [-0.3, -0.25) is 0 Å². The smallest absolute Gasteiger partial charge is 0.133 e. The van der Waals surface area contributed by atoms with Crippen molar-refractivity contribution < 1.29 is 0 Å². The number of rotatable bonds is 8. The Kier molecular flexibility index (Phi) is 9.33. The summed E-state index contributed by atoms with van der Waals surface area (Å²) in [5, 5.41) is 17.0. The number of nitrogens with zero attached hydrogens (tertiary/aromatic N) is 2. The zero-order chi connectivity index (χ0) is 10.6. The Labute approximate surface area is 87.5 Å². The molecule has 0 saturated carbocycles. The second-order valence-corrected chi connectivity index (χ2v) is 3.57. The number of unbranched alkanes of at least 4 members (excludes halogenated alkanes) is 6. The van der Waals surface area contributed by atoms with E-state index in [9.17, 15) is 0 Å². The quantitative estimate of drug-likeness (QED) is 0.550. The van der Waals surface area contributed by atoms with E-state index in [-0.39, 0.29) is 0 Å². The van der Waals surface area contributed by atoms with E-state index in [1.807, 2.05) is 12.1 Å². The summed E-state index contributed by atoms with van der Waals surface area (Å²) in [4.78, 5) is 0. The van der Waals surface area contributed by atoms with Crippen LogP contribution in [0.4, 0.5) is 0 Å². The Morgan fingerprint density at radius 2 is 1.36 bits per heavy atom. The van der Waals surface area contributed by atoms with Crippen molar-refractivity contribution in [1.29, 1.82) is 10.5 Å². The summed E-state index contributed by atoms with van der Waals surface area (Å²) < 4.78 is 0. The molecule has 14 heavy (non-hydrogen) atoms. The van der Waals surface area contributed by atoms with Crippen molar-refractivity contribution in [3.8, 4) is 12.1 Å². The Hall–Kier alpha value is -1.02. The molecule has 0 aromatic carbocycles. The van der Waals surface area contributed by atoms with Gasteiger partial charge in [-0.05, 0) is 6.42 Å². The van der Waals surface area contributed by atoms with Crippen molar-refractivity contribution in [1.82, 2.24) is 0 Å². The fraction of sp³-hybridized carbons (Fsp3) is 0.750. The molecule has 0 bridgehead atoms. The summed E-state index contributed by atoms with van der Waals surface area (Å²) >= 11 is 0. The molecule has 77 valence electrons. The highest BCUT2D eigenvalue weighted by molar-refractivity contribution is 4.98. The number of hydrogen-bond donors (Lipinski definition) is 0. The third-order valence-corrected chi connectivity index (χ3v) is 2.30. The predicted octanol–water partition coefficient (Wildman–Crippen LogP) is 3.60. The summed E-state index contributed by atoms with van der Waals surface area (Å²) in [7, 11) is 0. The normalized spacial score (nSPS) is 9.71. The summed E-state index contributed by atoms with van der Waals surface area (Å²) in [5.41, 5.74) is 0. The molecule has 0 heterocycles. The van der Waals surface area contributed by atoms with Gasteiger partial charge in [-0.2, -0.15) is 10.5 Å². The monoisotopic (exact) mass is 191 g/mol. The third kappa shape index (κ3) is 7.62. The lowest BCUT2D eigenvalue weighted by Gasteiger charge is -2.00. The van der Waals surface area contributed by atoms with Gasteiger partial charge >= 0.3 is 0 Å². The van der Waals surface area contributed by atoms with Gasteiger partial charge in [0.05, 0.1) is 12.1 Å². The van der Waals surface area contributed by atoms with E-state index in [1.54, 1.807) is 0 Å². The van der Waals surface area contributed by atoms with Crippen LogP contribution in [0.1, 0.15) is 51.4 Å². The van der Waals surface area contributed by atoms with Crippen LogP contribution in [0.5, 0.6) is 0 Å². The maximum absolute atomic E-state index is 8.52. The average molecular weight is 191 g/mol. The van der Waals surface area contributed by atoms with E-state index in [2.05, 4.69) is 6.92 Å². The highest BCUT2D eigenvalue weighted by atomic mass is 14.3. The Morgan fingerprint density at radius 1 is 0.857 bits per heavy atom. The van der Waals surface area contributed by atoms with Crippen LogP contribution < -0.4 is 0 Å². The molecule has 0 aliphatic rings. The van der Waals surface area contributed by atoms with Crippen LogP contribution >= 0.6 is 0 Å². The zero-order valence-electron chi connectivity index (χ0n) is 8.84. The lowest BCUT2D eigenvalue weighted by molar-refractivity contribution is 0.564. The maximum atomic E-state index is 8.52. The second kappa shape index (κ2) is 10.1. The van der Waals surface area contributed by atoms with Gasteiger partial charge in [-0.25, -0.2) is 0 Å². The first-order chi connectivity index (χ1) is 6.85. The van der Waals surface area contributed by atoms with Gasteiger partial charge in [0.1, 0.15) is 5.92 Å². The fourth-order valence-electron chi connectivity index (χ4n) is 1.39. The van der Waals surface area contributed by atoms with Crippen LogP contribution in [0, 0.1) is 35.5 Å². The molecule has 1 radical (unpaired) electrons. The molecule has 0 fully saturated rings. The van der Waals surface area contributed by atoms with E-state index in [0.29, 0.717) is 0 Å². The Bertz CT molecular complexity index is 183. The van der Waals surface area contributed by atoms with E-state index < -0.39 is 5.92 Å². The van der Waals surface area contributed by atoms with E-state index >= 15 is 0 Å². The molecule has 0 amide bonds. The van der Waals surface area contributed by atoms with E-state index in [1.165, 1.54) is 25.7 Å². The minimum atomic E-state index is -0.394. The summed E-state index contributed by atoms with van der Waals surface area (Å²) in [6.07, 6.45) is 8.91. The molecule has 0 aromatic heterocycles. The molecule has 0 unspecified atom stereocenters. The SMILES string of the molecule is [CH2]CCCCCCCCC(C#N)C#N. The van der Waals surface area contributed by atoms with Crippen LogP contribution in [0.3, 0.4) is 0 Å². The van der Waals surface area contributed by atoms with E-state index in [4.69, 9.17) is 10.5 Å². The minimum Gasteiger partial charge on any atom is -0.197 e. The summed E-state index contributed by atoms with van der Waals surface area (Å²) in [6.45, 7) is 3.79. The molecule has 0 spiro atoms. The van der Waals surface area contributed by atoms with Gasteiger partial charge in [-0.15, -0.1) is 0 Å². The highest BCUT2D eigenvalue weighted by Crippen LogP contribution is 2.11. The van der Waals surface area contributed by atoms with Gasteiger partial charge in [0.2, 0.25) is 0 Å². The summed E-state index contributed by atoms with van der Waals surface area (Å²) in [5.74, 6) is -0.394. The van der Waals surface area contributed by atoms with Crippen LogP contribution in [0.25, 0.3) is 0 Å². The number of nitriles is 2. The van der Waals surface area contributed by atoms with Gasteiger partial charge in [0.25, 0.3) is 0 Å². The molecular weight excluding hydrogens is 172 g/mol. The van der Waals surface area contributed by atoms with Crippen molar-refractivity contribution in [2.45, 2.75) is 51.4 Å². The third-order valence-electron chi connectivity index (χ3n) is 2.30. The van der Waals surface area contributed by atoms with Crippen molar-refractivity contribution in [3.05, 3.63) is 6.92 Å². The molecule has 2 heteroatoms. The molecule has 0 rings (SSSR count). The van der Waals surface area contributed by atoms with Crippen LogP contribution in [-0.2, 0) is 0 Å². The predicted molar refractivity (Wildman–Crippen MR) is 57.0 cm³/mol. The minimum absolute atomic E-state index is 0.394. The first-order valence-electron chi connectivity index (χ1n) is 5.43. The van der Waals surface area contributed by atoms with Crippen LogP contribution in [-0.4, -0.2) is 0 Å². The van der Waals surface area contributed by atoms with Crippen molar-refractivity contribution in [2.24, 2.45) is 5.92 Å². The molecule has 2 nitrogen and oxygen atoms in total. The molecule has 0 aliphatic heterocycles. The first-order valence-corrected chi connectivity index (χ1v) is 5.43. The summed E-state index contributed by atoms with van der Waals surface area (Å²) in [6, 6.07) is 3.99. The van der Waals surface area contributed by atoms with Gasteiger partial charge in [-0.1, -0.05) is 51.9 Å². The van der Waals surface area contributed by atoms with Crippen molar-refractivity contribution >= 4 is 0 Å². The molecule has 0 atom stereocenters. The van der Waals surface area contributed by atoms with Crippen LogP contribution in [0.15, 0.2) is 0 Å². The molecule has 0 N–H and O–H groups in total. The standard InChI is InChI=1S/C12H19N2/c1-2-3-4-5-6-7-8-9-12(10-13)11-14/h12H,1-9H2. The Balaban J connectivity index is 3.14. The average Bonchev–Trinajstić information content (AvgIpc) is 2.22. The highest BCUT2D eigenvalue weighted by Gasteiger charge is 2.03. The molecule has 0 aromatic rings. The van der Waals surface area contributed by atoms with Crippen molar-refractivity contribution in [3.63, 3.8) is 0 Å². The first kappa shape index (κ1) is 13.0. The Morgan fingerprint density at radius 3 is 1.86 bits per heavy atom. The molecule has 0 aliphatic carbocycles. The topological polar surface area (TPSA) is 47.6 Å². The van der Waals surface area contributed by atoms with Gasteiger partial charge in [0.15, 0.2) is 0 Å².